The molecule has 30 heavy (non-hydrogen) atoms. The van der Waals surface area contributed by atoms with E-state index in [2.05, 4.69) is 20.1 Å². The van der Waals surface area contributed by atoms with E-state index in [9.17, 15) is 13.2 Å². The van der Waals surface area contributed by atoms with E-state index in [0.717, 1.165) is 19.3 Å². The molecule has 0 aliphatic carbocycles. The van der Waals surface area contributed by atoms with Crippen molar-refractivity contribution in [3.63, 3.8) is 0 Å². The highest BCUT2D eigenvalue weighted by atomic mass is 19.2. The van der Waals surface area contributed by atoms with Gasteiger partial charge in [0.05, 0.1) is 0 Å². The highest BCUT2D eigenvalue weighted by molar-refractivity contribution is 5.68. The van der Waals surface area contributed by atoms with Gasteiger partial charge in [-0.05, 0) is 47.6 Å². The highest BCUT2D eigenvalue weighted by Crippen LogP contribution is 2.41. The van der Waals surface area contributed by atoms with Crippen LogP contribution in [0.1, 0.15) is 50.7 Å². The van der Waals surface area contributed by atoms with Gasteiger partial charge in [0.15, 0.2) is 23.2 Å². The molecule has 4 heteroatoms. The molecule has 2 aromatic rings. The Hall–Kier alpha value is -2.75. The molecule has 0 atom stereocenters. The number of aryl methyl sites for hydroxylation is 1. The second kappa shape index (κ2) is 9.38. The number of ether oxygens (including phenoxy) is 1. The monoisotopic (exact) mass is 412 g/mol. The van der Waals surface area contributed by atoms with Crippen LogP contribution < -0.4 is 4.74 Å². The third kappa shape index (κ3) is 4.38. The lowest BCUT2D eigenvalue weighted by atomic mass is 9.94. The van der Waals surface area contributed by atoms with E-state index in [1.807, 2.05) is 12.1 Å². The fourth-order valence-electron chi connectivity index (χ4n) is 3.54. The van der Waals surface area contributed by atoms with Gasteiger partial charge >= 0.3 is 0 Å². The van der Waals surface area contributed by atoms with Gasteiger partial charge < -0.3 is 4.74 Å². The molecule has 0 spiro atoms. The first-order chi connectivity index (χ1) is 14.4. The van der Waals surface area contributed by atoms with E-state index in [1.165, 1.54) is 12.0 Å². The summed E-state index contributed by atoms with van der Waals surface area (Å²) in [5.41, 5.74) is 2.97. The average molecular weight is 412 g/mol. The zero-order valence-electron chi connectivity index (χ0n) is 17.6. The maximum absolute atomic E-state index is 14.9. The molecule has 3 rings (SSSR count). The lowest BCUT2D eigenvalue weighted by molar-refractivity contribution is 0.355. The Bertz CT molecular complexity index is 1000. The van der Waals surface area contributed by atoms with Crippen molar-refractivity contribution >= 4 is 0 Å². The normalized spacial score (nSPS) is 14.9. The lowest BCUT2D eigenvalue weighted by Crippen LogP contribution is -2.14. The summed E-state index contributed by atoms with van der Waals surface area (Å²) >= 11 is 0. The zero-order valence-corrected chi connectivity index (χ0v) is 17.6. The number of hydrogen-bond donors (Lipinski definition) is 0. The Morgan fingerprint density at radius 1 is 1.07 bits per heavy atom. The van der Waals surface area contributed by atoms with Crippen molar-refractivity contribution in [1.82, 2.24) is 0 Å². The molecular weight excluding hydrogens is 385 g/mol. The number of hydrogen-bond acceptors (Lipinski definition) is 1. The molecule has 1 aliphatic heterocycles. The lowest BCUT2D eigenvalue weighted by Gasteiger charge is -2.24. The highest BCUT2D eigenvalue weighted by Gasteiger charge is 2.29. The quantitative estimate of drug-likeness (QED) is 0.419. The second-order valence-electron chi connectivity index (χ2n) is 7.68. The first-order valence-corrected chi connectivity index (χ1v) is 10.4. The van der Waals surface area contributed by atoms with E-state index in [1.54, 1.807) is 25.1 Å². The summed E-state index contributed by atoms with van der Waals surface area (Å²) in [6.45, 7) is 11.4. The molecule has 158 valence electrons. The predicted octanol–water partition coefficient (Wildman–Crippen LogP) is 8.00. The molecule has 0 amide bonds. The average Bonchev–Trinajstić information content (AvgIpc) is 2.75. The SMILES string of the molecule is C=C(CC)/C(F)=C1/Oc2c(cc(-c3ccc(CCCCC)cc3)c(F)c2F)CC1=C. The summed E-state index contributed by atoms with van der Waals surface area (Å²) in [5, 5.41) is 0. The molecule has 0 saturated heterocycles. The van der Waals surface area contributed by atoms with Crippen molar-refractivity contribution in [3.05, 3.63) is 89.0 Å². The van der Waals surface area contributed by atoms with E-state index >= 15 is 0 Å². The molecule has 0 bridgehead atoms. The molecule has 0 N–H and O–H groups in total. The topological polar surface area (TPSA) is 9.23 Å². The first kappa shape index (κ1) is 21.9. The number of halogens is 3. The molecule has 0 radical (unpaired) electrons. The van der Waals surface area contributed by atoms with Gasteiger partial charge in [0.2, 0.25) is 5.82 Å². The van der Waals surface area contributed by atoms with Crippen molar-refractivity contribution in [3.8, 4) is 16.9 Å². The van der Waals surface area contributed by atoms with Crippen LogP contribution >= 0.6 is 0 Å². The first-order valence-electron chi connectivity index (χ1n) is 10.4. The van der Waals surface area contributed by atoms with Gasteiger partial charge in [-0.1, -0.05) is 64.1 Å². The zero-order chi connectivity index (χ0) is 21.8. The Morgan fingerprint density at radius 3 is 2.40 bits per heavy atom. The van der Waals surface area contributed by atoms with Gasteiger partial charge in [0.1, 0.15) is 0 Å². The summed E-state index contributed by atoms with van der Waals surface area (Å²) in [5.74, 6) is -3.25. The third-order valence-electron chi connectivity index (χ3n) is 5.44. The summed E-state index contributed by atoms with van der Waals surface area (Å²) < 4.78 is 49.7. The van der Waals surface area contributed by atoms with Crippen LogP contribution in [-0.4, -0.2) is 0 Å². The Balaban J connectivity index is 1.95. The summed E-state index contributed by atoms with van der Waals surface area (Å²) in [7, 11) is 0. The maximum atomic E-state index is 14.9. The molecule has 0 aromatic heterocycles. The van der Waals surface area contributed by atoms with Crippen molar-refractivity contribution < 1.29 is 17.9 Å². The fourth-order valence-corrected chi connectivity index (χ4v) is 3.54. The van der Waals surface area contributed by atoms with Crippen LogP contribution in [0.3, 0.4) is 0 Å². The molecule has 1 nitrogen and oxygen atoms in total. The van der Waals surface area contributed by atoms with Crippen molar-refractivity contribution in [1.29, 1.82) is 0 Å². The maximum Gasteiger partial charge on any atom is 0.202 e. The minimum absolute atomic E-state index is 0.161. The van der Waals surface area contributed by atoms with Crippen LogP contribution in [0.5, 0.6) is 5.75 Å². The van der Waals surface area contributed by atoms with Crippen molar-refractivity contribution in [2.45, 2.75) is 52.4 Å². The molecule has 0 fully saturated rings. The minimum Gasteiger partial charge on any atom is -0.450 e. The Morgan fingerprint density at radius 2 is 1.77 bits per heavy atom. The molecule has 2 aromatic carbocycles. The standard InChI is InChI=1S/C26H27F3O/c1-5-7-8-9-18-10-12-19(13-11-18)21-15-20-14-17(4)25(22(27)16(3)6-2)30-26(20)24(29)23(21)28/h10-13,15H,3-9,14H2,1-2H3/b25-22-. The van der Waals surface area contributed by atoms with Gasteiger partial charge in [-0.15, -0.1) is 0 Å². The Kier molecular flexibility index (Phi) is 6.86. The van der Waals surface area contributed by atoms with Crippen LogP contribution in [-0.2, 0) is 12.8 Å². The van der Waals surface area contributed by atoms with E-state index < -0.39 is 17.5 Å². The third-order valence-corrected chi connectivity index (χ3v) is 5.44. The number of fused-ring (bicyclic) bond motifs is 1. The van der Waals surface area contributed by atoms with E-state index in [4.69, 9.17) is 4.74 Å². The molecule has 0 unspecified atom stereocenters. The molecule has 1 aliphatic rings. The Labute approximate surface area is 176 Å². The number of benzene rings is 2. The fraction of sp³-hybridized carbons (Fsp3) is 0.308. The molecule has 1 heterocycles. The molecular formula is C26H27F3O. The minimum atomic E-state index is -1.12. The number of rotatable bonds is 7. The van der Waals surface area contributed by atoms with Gasteiger partial charge in [0.25, 0.3) is 0 Å². The van der Waals surface area contributed by atoms with Crippen LogP contribution in [0.15, 0.2) is 66.2 Å². The summed E-state index contributed by atoms with van der Waals surface area (Å²) in [6.07, 6.45) is 4.94. The van der Waals surface area contributed by atoms with Crippen molar-refractivity contribution in [2.24, 2.45) is 0 Å². The van der Waals surface area contributed by atoms with Crippen LogP contribution in [0.2, 0.25) is 0 Å². The number of unbranched alkanes of at least 4 members (excludes halogenated alkanes) is 2. The smallest absolute Gasteiger partial charge is 0.202 e. The van der Waals surface area contributed by atoms with Crippen LogP contribution in [0.4, 0.5) is 13.2 Å². The van der Waals surface area contributed by atoms with Gasteiger partial charge in [-0.2, -0.15) is 4.39 Å². The summed E-state index contributed by atoms with van der Waals surface area (Å²) in [4.78, 5) is 0. The van der Waals surface area contributed by atoms with Crippen molar-refractivity contribution in [2.75, 3.05) is 0 Å². The van der Waals surface area contributed by atoms with Crippen LogP contribution in [0, 0.1) is 11.6 Å². The van der Waals surface area contributed by atoms with Gasteiger partial charge in [-0.25, -0.2) is 8.78 Å². The van der Waals surface area contributed by atoms with Crippen LogP contribution in [0.25, 0.3) is 11.1 Å². The molecule has 0 saturated carbocycles. The van der Waals surface area contributed by atoms with E-state index in [0.29, 0.717) is 23.1 Å². The largest absolute Gasteiger partial charge is 0.450 e. The van der Waals surface area contributed by atoms with Gasteiger partial charge in [0, 0.05) is 17.5 Å². The van der Waals surface area contributed by atoms with Gasteiger partial charge in [-0.3, -0.25) is 0 Å². The summed E-state index contributed by atoms with van der Waals surface area (Å²) in [6, 6.07) is 9.07. The van der Waals surface area contributed by atoms with E-state index in [-0.39, 0.29) is 29.1 Å². The predicted molar refractivity (Wildman–Crippen MR) is 116 cm³/mol. The second-order valence-corrected chi connectivity index (χ2v) is 7.68. The number of allylic oxidation sites excluding steroid dienone is 3.